The smallest absolute Gasteiger partial charge is 0.0701 e. The van der Waals surface area contributed by atoms with Crippen molar-refractivity contribution in [3.8, 4) is 0 Å². The summed E-state index contributed by atoms with van der Waals surface area (Å²) in [5, 5.41) is 19.7. The number of hydrogen-bond donors (Lipinski definition) is 5. The first-order valence-electron chi connectivity index (χ1n) is 10.1. The van der Waals surface area contributed by atoms with Gasteiger partial charge in [0.15, 0.2) is 0 Å². The van der Waals surface area contributed by atoms with Gasteiger partial charge in [-0.05, 0) is 0 Å². The molecule has 0 aromatic heterocycles. The number of nitrogens with one attached hydrogen (secondary N) is 1. The minimum atomic E-state index is 0.0417. The van der Waals surface area contributed by atoms with Crippen LogP contribution in [0.2, 0.25) is 0 Å². The molecular formula is C18H43N3O8. The van der Waals surface area contributed by atoms with E-state index >= 15 is 0 Å². The fourth-order valence-corrected chi connectivity index (χ4v) is 1.68. The van der Waals surface area contributed by atoms with E-state index < -0.39 is 0 Å². The summed E-state index contributed by atoms with van der Waals surface area (Å²) in [6.07, 6.45) is 0. The van der Waals surface area contributed by atoms with Gasteiger partial charge in [0.1, 0.15) is 0 Å². The molecule has 0 bridgehead atoms. The number of aliphatic hydroxyl groups excluding tert-OH is 2. The number of aliphatic hydroxyl groups is 2. The highest BCUT2D eigenvalue weighted by Crippen LogP contribution is 1.79. The summed E-state index contributed by atoms with van der Waals surface area (Å²) in [6, 6.07) is 0. The quantitative estimate of drug-likeness (QED) is 0.110. The van der Waals surface area contributed by atoms with Gasteiger partial charge >= 0.3 is 0 Å². The van der Waals surface area contributed by atoms with Gasteiger partial charge in [-0.25, -0.2) is 0 Å². The van der Waals surface area contributed by atoms with E-state index in [0.717, 1.165) is 13.1 Å². The first-order valence-corrected chi connectivity index (χ1v) is 10.1. The van der Waals surface area contributed by atoms with E-state index in [-0.39, 0.29) is 13.2 Å². The average molecular weight is 430 g/mol. The van der Waals surface area contributed by atoms with Crippen molar-refractivity contribution in [3.63, 3.8) is 0 Å². The number of nitrogens with two attached hydrogens (primary N) is 2. The molecule has 0 rings (SSSR count). The lowest BCUT2D eigenvalue weighted by Crippen LogP contribution is -2.25. The standard InChI is InChI=1S/C12H29N3O4.C6H14O4/c13-1-5-16-9-11-18-7-3-15-4-8-19-12-10-17-6-2-14;7-1-3-9-5-6-10-4-2-8/h15H,1-14H2;7-8H,1-6H2. The summed E-state index contributed by atoms with van der Waals surface area (Å²) < 4.78 is 30.8. The Balaban J connectivity index is 0. The molecule has 11 nitrogen and oxygen atoms in total. The number of hydrogen-bond acceptors (Lipinski definition) is 11. The first kappa shape index (κ1) is 30.8. The van der Waals surface area contributed by atoms with Gasteiger partial charge in [-0.3, -0.25) is 0 Å². The second-order valence-corrected chi connectivity index (χ2v) is 5.45. The van der Waals surface area contributed by atoms with E-state index in [0.29, 0.717) is 92.4 Å². The summed E-state index contributed by atoms with van der Waals surface area (Å²) in [7, 11) is 0. The highest BCUT2D eigenvalue weighted by molar-refractivity contribution is 4.45. The third-order valence-electron chi connectivity index (χ3n) is 2.96. The lowest BCUT2D eigenvalue weighted by Gasteiger charge is -2.07. The molecule has 0 spiro atoms. The maximum Gasteiger partial charge on any atom is 0.0701 e. The largest absolute Gasteiger partial charge is 0.394 e. The molecule has 29 heavy (non-hydrogen) atoms. The Morgan fingerprint density at radius 1 is 0.448 bits per heavy atom. The van der Waals surface area contributed by atoms with Crippen molar-refractivity contribution in [1.82, 2.24) is 5.32 Å². The van der Waals surface area contributed by atoms with Crippen LogP contribution in [0.1, 0.15) is 0 Å². The molecule has 0 amide bonds. The highest BCUT2D eigenvalue weighted by Gasteiger charge is 1.92. The van der Waals surface area contributed by atoms with Crippen LogP contribution >= 0.6 is 0 Å². The highest BCUT2D eigenvalue weighted by atomic mass is 16.5. The van der Waals surface area contributed by atoms with Crippen molar-refractivity contribution < 1.29 is 38.6 Å². The van der Waals surface area contributed by atoms with Crippen LogP contribution in [0, 0.1) is 0 Å². The molecular weight excluding hydrogens is 386 g/mol. The van der Waals surface area contributed by atoms with Crippen molar-refractivity contribution in [2.24, 2.45) is 11.5 Å². The minimum Gasteiger partial charge on any atom is -0.394 e. The Morgan fingerprint density at radius 3 is 1.07 bits per heavy atom. The van der Waals surface area contributed by atoms with E-state index in [1.54, 1.807) is 0 Å². The molecule has 0 saturated carbocycles. The van der Waals surface area contributed by atoms with Crippen molar-refractivity contribution in [2.45, 2.75) is 0 Å². The predicted molar refractivity (Wildman–Crippen MR) is 110 cm³/mol. The van der Waals surface area contributed by atoms with Crippen LogP contribution in [-0.2, 0) is 28.4 Å². The van der Waals surface area contributed by atoms with Crippen molar-refractivity contribution in [1.29, 1.82) is 0 Å². The van der Waals surface area contributed by atoms with Crippen molar-refractivity contribution in [2.75, 3.05) is 119 Å². The summed E-state index contributed by atoms with van der Waals surface area (Å²) in [5.41, 5.74) is 10.6. The molecule has 0 heterocycles. The molecule has 0 aliphatic heterocycles. The van der Waals surface area contributed by atoms with Gasteiger partial charge in [0.25, 0.3) is 0 Å². The van der Waals surface area contributed by atoms with Crippen LogP contribution in [0.15, 0.2) is 0 Å². The third-order valence-corrected chi connectivity index (χ3v) is 2.96. The van der Waals surface area contributed by atoms with Crippen LogP contribution in [0.5, 0.6) is 0 Å². The van der Waals surface area contributed by atoms with E-state index in [9.17, 15) is 0 Å². The van der Waals surface area contributed by atoms with Crippen LogP contribution in [0.3, 0.4) is 0 Å². The molecule has 0 aliphatic rings. The first-order chi connectivity index (χ1) is 14.3. The van der Waals surface area contributed by atoms with Gasteiger partial charge < -0.3 is 55.4 Å². The Hall–Kier alpha value is -0.440. The Morgan fingerprint density at radius 2 is 0.759 bits per heavy atom. The molecule has 7 N–H and O–H groups in total. The number of ether oxygens (including phenoxy) is 6. The fraction of sp³-hybridized carbons (Fsp3) is 1.00. The minimum absolute atomic E-state index is 0.0417. The van der Waals surface area contributed by atoms with E-state index in [1.807, 2.05) is 0 Å². The van der Waals surface area contributed by atoms with E-state index in [1.165, 1.54) is 0 Å². The number of rotatable bonds is 23. The van der Waals surface area contributed by atoms with Crippen molar-refractivity contribution in [3.05, 3.63) is 0 Å². The summed E-state index contributed by atoms with van der Waals surface area (Å²) in [4.78, 5) is 0. The SMILES string of the molecule is NCCOCCOCCNCCOCCOCCN.OCCOCCOCCO. The lowest BCUT2D eigenvalue weighted by molar-refractivity contribution is 0.0222. The van der Waals surface area contributed by atoms with Crippen molar-refractivity contribution >= 4 is 0 Å². The summed E-state index contributed by atoms with van der Waals surface area (Å²) in [6.45, 7) is 9.40. The molecule has 0 radical (unpaired) electrons. The van der Waals surface area contributed by atoms with Gasteiger partial charge in [0.2, 0.25) is 0 Å². The van der Waals surface area contributed by atoms with Crippen LogP contribution < -0.4 is 16.8 Å². The zero-order valence-corrected chi connectivity index (χ0v) is 17.7. The second-order valence-electron chi connectivity index (χ2n) is 5.45. The topological polar surface area (TPSA) is 160 Å². The molecule has 11 heteroatoms. The average Bonchev–Trinajstić information content (AvgIpc) is 2.74. The third kappa shape index (κ3) is 35.4. The maximum atomic E-state index is 8.26. The van der Waals surface area contributed by atoms with Crippen LogP contribution in [0.4, 0.5) is 0 Å². The van der Waals surface area contributed by atoms with Gasteiger partial charge in [0.05, 0.1) is 92.5 Å². The normalized spacial score (nSPS) is 10.8. The molecule has 0 fully saturated rings. The van der Waals surface area contributed by atoms with Gasteiger partial charge in [-0.15, -0.1) is 0 Å². The van der Waals surface area contributed by atoms with E-state index in [2.05, 4.69) is 5.32 Å². The molecule has 0 saturated heterocycles. The monoisotopic (exact) mass is 429 g/mol. The Labute approximate surface area is 174 Å². The molecule has 0 aliphatic carbocycles. The Kier molecular flexibility index (Phi) is 34.2. The zero-order valence-electron chi connectivity index (χ0n) is 17.7. The molecule has 0 aromatic carbocycles. The van der Waals surface area contributed by atoms with Crippen LogP contribution in [-0.4, -0.2) is 129 Å². The lowest BCUT2D eigenvalue weighted by atomic mass is 10.6. The zero-order chi connectivity index (χ0) is 21.7. The van der Waals surface area contributed by atoms with Gasteiger partial charge in [-0.2, -0.15) is 0 Å². The van der Waals surface area contributed by atoms with Crippen LogP contribution in [0.25, 0.3) is 0 Å². The maximum absolute atomic E-state index is 8.26. The molecule has 178 valence electrons. The van der Waals surface area contributed by atoms with E-state index in [4.69, 9.17) is 50.1 Å². The Bertz CT molecular complexity index is 245. The second kappa shape index (κ2) is 32.2. The predicted octanol–water partition coefficient (Wildman–Crippen LogP) is -2.44. The summed E-state index contributed by atoms with van der Waals surface area (Å²) >= 11 is 0. The fourth-order valence-electron chi connectivity index (χ4n) is 1.68. The van der Waals surface area contributed by atoms with Gasteiger partial charge in [0, 0.05) is 26.2 Å². The summed E-state index contributed by atoms with van der Waals surface area (Å²) in [5.74, 6) is 0. The molecule has 0 unspecified atom stereocenters. The molecule has 0 aromatic rings. The molecule has 0 atom stereocenters. The van der Waals surface area contributed by atoms with Gasteiger partial charge in [-0.1, -0.05) is 0 Å².